The lowest BCUT2D eigenvalue weighted by Gasteiger charge is -2.33. The fourth-order valence-corrected chi connectivity index (χ4v) is 2.48. The smallest absolute Gasteiger partial charge is 0.250 e. The Kier molecular flexibility index (Phi) is 3.69. The molecule has 1 heterocycles. The van der Waals surface area contributed by atoms with Crippen molar-refractivity contribution in [2.75, 3.05) is 18.0 Å². The molecule has 2 rings (SSSR count). The molecular formula is C12H16BrN3O. The number of benzene rings is 1. The molecule has 0 spiro atoms. The molecular weight excluding hydrogens is 282 g/mol. The van der Waals surface area contributed by atoms with E-state index in [2.05, 4.69) is 20.8 Å². The molecule has 0 unspecified atom stereocenters. The van der Waals surface area contributed by atoms with E-state index in [1.165, 1.54) is 0 Å². The van der Waals surface area contributed by atoms with Gasteiger partial charge in [0.1, 0.15) is 0 Å². The first-order chi connectivity index (χ1) is 8.08. The highest BCUT2D eigenvalue weighted by molar-refractivity contribution is 9.10. The lowest BCUT2D eigenvalue weighted by atomic mass is 10.0. The van der Waals surface area contributed by atoms with Gasteiger partial charge in [0.25, 0.3) is 5.91 Å². The summed E-state index contributed by atoms with van der Waals surface area (Å²) in [6.07, 6.45) is 1.91. The highest BCUT2D eigenvalue weighted by atomic mass is 79.9. The summed E-state index contributed by atoms with van der Waals surface area (Å²) < 4.78 is 0.865. The molecule has 1 aromatic rings. The maximum Gasteiger partial charge on any atom is 0.250 e. The summed E-state index contributed by atoms with van der Waals surface area (Å²) in [4.78, 5) is 13.6. The van der Waals surface area contributed by atoms with Crippen LogP contribution in [0, 0.1) is 0 Å². The monoisotopic (exact) mass is 297 g/mol. The van der Waals surface area contributed by atoms with Gasteiger partial charge >= 0.3 is 0 Å². The first-order valence-electron chi connectivity index (χ1n) is 5.68. The lowest BCUT2D eigenvalue weighted by molar-refractivity contribution is 0.100. The third-order valence-electron chi connectivity index (χ3n) is 3.10. The van der Waals surface area contributed by atoms with Crippen LogP contribution in [0.15, 0.2) is 22.7 Å². The second kappa shape index (κ2) is 5.06. The Hall–Kier alpha value is -1.07. The van der Waals surface area contributed by atoms with Crippen LogP contribution in [0.25, 0.3) is 0 Å². The molecule has 92 valence electrons. The molecule has 0 aliphatic carbocycles. The van der Waals surface area contributed by atoms with Gasteiger partial charge in [-0.1, -0.05) is 15.9 Å². The summed E-state index contributed by atoms with van der Waals surface area (Å²) in [7, 11) is 0. The summed E-state index contributed by atoms with van der Waals surface area (Å²) in [5, 5.41) is 0. The van der Waals surface area contributed by atoms with Crippen molar-refractivity contribution in [2.45, 2.75) is 18.9 Å². The Morgan fingerprint density at radius 2 is 2.00 bits per heavy atom. The number of carbonyl (C=O) groups excluding carboxylic acids is 1. The van der Waals surface area contributed by atoms with Crippen molar-refractivity contribution in [2.24, 2.45) is 11.5 Å². The molecule has 0 aromatic heterocycles. The zero-order chi connectivity index (χ0) is 12.4. The van der Waals surface area contributed by atoms with Crippen LogP contribution in [0.1, 0.15) is 23.2 Å². The van der Waals surface area contributed by atoms with Crippen LogP contribution < -0.4 is 16.4 Å². The van der Waals surface area contributed by atoms with Gasteiger partial charge in [0.05, 0.1) is 5.56 Å². The molecule has 5 heteroatoms. The van der Waals surface area contributed by atoms with E-state index in [-0.39, 0.29) is 6.04 Å². The predicted octanol–water partition coefficient (Wildman–Crippen LogP) is 1.48. The molecule has 0 radical (unpaired) electrons. The standard InChI is InChI=1S/C12H16BrN3O/c13-8-1-2-11(10(7-8)12(15)17)16-5-3-9(14)4-6-16/h1-2,7,9H,3-6,14H2,(H2,15,17). The SMILES string of the molecule is NC(=O)c1cc(Br)ccc1N1CCC(N)CC1. The molecule has 1 aliphatic rings. The minimum absolute atomic E-state index is 0.277. The number of piperidine rings is 1. The molecule has 0 bridgehead atoms. The zero-order valence-electron chi connectivity index (χ0n) is 9.53. The number of primary amides is 1. The quantitative estimate of drug-likeness (QED) is 0.868. The van der Waals surface area contributed by atoms with Gasteiger partial charge in [0.2, 0.25) is 0 Å². The second-order valence-corrected chi connectivity index (χ2v) is 5.27. The maximum absolute atomic E-state index is 11.4. The van der Waals surface area contributed by atoms with Crippen molar-refractivity contribution >= 4 is 27.5 Å². The molecule has 1 saturated heterocycles. The van der Waals surface area contributed by atoms with Crippen LogP contribution >= 0.6 is 15.9 Å². The fraction of sp³-hybridized carbons (Fsp3) is 0.417. The Bertz CT molecular complexity index is 428. The number of nitrogens with zero attached hydrogens (tertiary/aromatic N) is 1. The van der Waals surface area contributed by atoms with Crippen LogP contribution in [0.4, 0.5) is 5.69 Å². The van der Waals surface area contributed by atoms with E-state index in [4.69, 9.17) is 11.5 Å². The van der Waals surface area contributed by atoms with Crippen LogP contribution in [-0.4, -0.2) is 25.0 Å². The van der Waals surface area contributed by atoms with Crippen molar-refractivity contribution in [1.82, 2.24) is 0 Å². The van der Waals surface area contributed by atoms with Crippen LogP contribution in [0.5, 0.6) is 0 Å². The predicted molar refractivity (Wildman–Crippen MR) is 72.1 cm³/mol. The van der Waals surface area contributed by atoms with Crippen molar-refractivity contribution in [3.8, 4) is 0 Å². The summed E-state index contributed by atoms with van der Waals surface area (Å²) in [5.41, 5.74) is 12.8. The van der Waals surface area contributed by atoms with Gasteiger partial charge in [0, 0.05) is 29.3 Å². The average molecular weight is 298 g/mol. The van der Waals surface area contributed by atoms with Gasteiger partial charge in [-0.2, -0.15) is 0 Å². The number of anilines is 1. The van der Waals surface area contributed by atoms with Gasteiger partial charge in [-0.05, 0) is 31.0 Å². The molecule has 4 N–H and O–H groups in total. The maximum atomic E-state index is 11.4. The number of rotatable bonds is 2. The number of halogens is 1. The molecule has 1 fully saturated rings. The Morgan fingerprint density at radius 3 is 2.59 bits per heavy atom. The average Bonchev–Trinajstić information content (AvgIpc) is 2.30. The molecule has 0 atom stereocenters. The van der Waals surface area contributed by atoms with Gasteiger partial charge in [-0.3, -0.25) is 4.79 Å². The highest BCUT2D eigenvalue weighted by Crippen LogP contribution is 2.26. The third kappa shape index (κ3) is 2.79. The van der Waals surface area contributed by atoms with Crippen LogP contribution in [0.3, 0.4) is 0 Å². The van der Waals surface area contributed by atoms with Crippen LogP contribution in [-0.2, 0) is 0 Å². The number of hydrogen-bond donors (Lipinski definition) is 2. The summed E-state index contributed by atoms with van der Waals surface area (Å²) in [6.45, 7) is 1.76. The van der Waals surface area contributed by atoms with Gasteiger partial charge < -0.3 is 16.4 Å². The van der Waals surface area contributed by atoms with E-state index >= 15 is 0 Å². The van der Waals surface area contributed by atoms with Crippen molar-refractivity contribution in [3.05, 3.63) is 28.2 Å². The van der Waals surface area contributed by atoms with E-state index < -0.39 is 5.91 Å². The normalized spacial score (nSPS) is 17.2. The Labute approximate surface area is 109 Å². The van der Waals surface area contributed by atoms with E-state index in [1.54, 1.807) is 6.07 Å². The lowest BCUT2D eigenvalue weighted by Crippen LogP contribution is -2.40. The third-order valence-corrected chi connectivity index (χ3v) is 3.60. The molecule has 4 nitrogen and oxygen atoms in total. The summed E-state index contributed by atoms with van der Waals surface area (Å²) >= 11 is 3.35. The Balaban J connectivity index is 2.28. The van der Waals surface area contributed by atoms with Crippen molar-refractivity contribution < 1.29 is 4.79 Å². The first kappa shape index (κ1) is 12.4. The minimum Gasteiger partial charge on any atom is -0.371 e. The van der Waals surface area contributed by atoms with Crippen molar-refractivity contribution in [3.63, 3.8) is 0 Å². The first-order valence-corrected chi connectivity index (χ1v) is 6.47. The van der Waals surface area contributed by atoms with Gasteiger partial charge in [-0.15, -0.1) is 0 Å². The van der Waals surface area contributed by atoms with E-state index in [1.807, 2.05) is 12.1 Å². The van der Waals surface area contributed by atoms with Crippen molar-refractivity contribution in [1.29, 1.82) is 0 Å². The second-order valence-electron chi connectivity index (χ2n) is 4.35. The van der Waals surface area contributed by atoms with E-state index in [9.17, 15) is 4.79 Å². The number of amides is 1. The topological polar surface area (TPSA) is 72.4 Å². The van der Waals surface area contributed by atoms with Crippen LogP contribution in [0.2, 0.25) is 0 Å². The highest BCUT2D eigenvalue weighted by Gasteiger charge is 2.20. The fourth-order valence-electron chi connectivity index (χ4n) is 2.12. The van der Waals surface area contributed by atoms with Gasteiger partial charge in [0.15, 0.2) is 0 Å². The number of hydrogen-bond acceptors (Lipinski definition) is 3. The molecule has 1 aliphatic heterocycles. The van der Waals surface area contributed by atoms with Gasteiger partial charge in [-0.25, -0.2) is 0 Å². The van der Waals surface area contributed by atoms with E-state index in [0.29, 0.717) is 5.56 Å². The largest absolute Gasteiger partial charge is 0.371 e. The number of nitrogens with two attached hydrogens (primary N) is 2. The molecule has 17 heavy (non-hydrogen) atoms. The minimum atomic E-state index is -0.392. The van der Waals surface area contributed by atoms with E-state index in [0.717, 1.165) is 36.1 Å². The number of carbonyl (C=O) groups is 1. The summed E-state index contributed by atoms with van der Waals surface area (Å²) in [6, 6.07) is 5.91. The molecule has 0 saturated carbocycles. The zero-order valence-corrected chi connectivity index (χ0v) is 11.1. The summed E-state index contributed by atoms with van der Waals surface area (Å²) in [5.74, 6) is -0.392. The molecule has 1 amide bonds. The Morgan fingerprint density at radius 1 is 1.35 bits per heavy atom. The molecule has 1 aromatic carbocycles.